The van der Waals surface area contributed by atoms with E-state index >= 15 is 0 Å². The molecule has 0 aromatic heterocycles. The summed E-state index contributed by atoms with van der Waals surface area (Å²) in [5.74, 6) is 0.542. The number of nitrogens with zero attached hydrogens (tertiary/aromatic N) is 1. The molecule has 1 saturated heterocycles. The lowest BCUT2D eigenvalue weighted by atomic mass is 10.2. The molecule has 6 heteroatoms. The van der Waals surface area contributed by atoms with E-state index in [2.05, 4.69) is 27.9 Å². The average Bonchev–Trinajstić information content (AvgIpc) is 2.70. The van der Waals surface area contributed by atoms with E-state index < -0.39 is 0 Å². The van der Waals surface area contributed by atoms with Crippen LogP contribution in [0.15, 0.2) is 23.9 Å². The Bertz CT molecular complexity index is 599. The first-order valence-corrected chi connectivity index (χ1v) is 7.91. The van der Waals surface area contributed by atoms with Gasteiger partial charge in [0.05, 0.1) is 10.2 Å². The van der Waals surface area contributed by atoms with Crippen LogP contribution in [-0.4, -0.2) is 30.0 Å². The van der Waals surface area contributed by atoms with Gasteiger partial charge in [-0.3, -0.25) is 9.69 Å². The lowest BCUT2D eigenvalue weighted by Gasteiger charge is -2.08. The molecule has 5 nitrogen and oxygen atoms in total. The summed E-state index contributed by atoms with van der Waals surface area (Å²) in [6.07, 6.45) is 2.43. The van der Waals surface area contributed by atoms with Crippen molar-refractivity contribution < 1.29 is 14.3 Å². The van der Waals surface area contributed by atoms with Crippen LogP contribution in [0.25, 0.3) is 6.08 Å². The van der Waals surface area contributed by atoms with Gasteiger partial charge < -0.3 is 10.1 Å². The molecule has 1 aromatic carbocycles. The van der Waals surface area contributed by atoms with Crippen molar-refractivity contribution in [2.75, 3.05) is 13.2 Å². The number of hydrogen-bond donors (Lipinski definition) is 1. The maximum absolute atomic E-state index is 12.1. The van der Waals surface area contributed by atoms with Gasteiger partial charge in [-0.05, 0) is 59.7 Å². The minimum atomic E-state index is -0.353. The van der Waals surface area contributed by atoms with Crippen LogP contribution in [0, 0.1) is 3.57 Å². The van der Waals surface area contributed by atoms with Crippen molar-refractivity contribution in [1.29, 1.82) is 0 Å². The molecule has 0 unspecified atom stereocenters. The van der Waals surface area contributed by atoms with Crippen LogP contribution < -0.4 is 10.1 Å². The summed E-state index contributed by atoms with van der Waals surface area (Å²) in [7, 11) is 0. The molecule has 0 atom stereocenters. The highest BCUT2D eigenvalue weighted by Crippen LogP contribution is 2.24. The highest BCUT2D eigenvalue weighted by Gasteiger charge is 2.32. The smallest absolute Gasteiger partial charge is 0.329 e. The molecule has 112 valence electrons. The second kappa shape index (κ2) is 6.93. The first-order chi connectivity index (χ1) is 10.1. The van der Waals surface area contributed by atoms with E-state index in [1.54, 1.807) is 6.08 Å². The van der Waals surface area contributed by atoms with Gasteiger partial charge in [-0.1, -0.05) is 13.0 Å². The number of hydrogen-bond acceptors (Lipinski definition) is 3. The number of amides is 3. The summed E-state index contributed by atoms with van der Waals surface area (Å²) in [4.78, 5) is 25.1. The first-order valence-electron chi connectivity index (χ1n) is 6.83. The molecule has 0 bridgehead atoms. The maximum Gasteiger partial charge on any atom is 0.329 e. The van der Waals surface area contributed by atoms with Gasteiger partial charge in [0.15, 0.2) is 0 Å². The van der Waals surface area contributed by atoms with Crippen molar-refractivity contribution in [3.05, 3.63) is 33.0 Å². The molecule has 1 fully saturated rings. The summed E-state index contributed by atoms with van der Waals surface area (Å²) >= 11 is 2.19. The maximum atomic E-state index is 12.1. The van der Waals surface area contributed by atoms with Gasteiger partial charge in [-0.15, -0.1) is 0 Å². The van der Waals surface area contributed by atoms with Crippen molar-refractivity contribution in [3.8, 4) is 5.75 Å². The SMILES string of the molecule is CCCN1C(=O)N/C(=C/c2ccc(OCC)c(I)c2)C1=O. The van der Waals surface area contributed by atoms with Gasteiger partial charge in [0.2, 0.25) is 0 Å². The average molecular weight is 400 g/mol. The molecular formula is C15H17IN2O3. The summed E-state index contributed by atoms with van der Waals surface area (Å²) in [5.41, 5.74) is 1.17. The summed E-state index contributed by atoms with van der Waals surface area (Å²) in [5, 5.41) is 2.61. The number of carbonyl (C=O) groups is 2. The van der Waals surface area contributed by atoms with Crippen LogP contribution in [0.3, 0.4) is 0 Å². The van der Waals surface area contributed by atoms with Gasteiger partial charge in [0, 0.05) is 6.54 Å². The second-order valence-electron chi connectivity index (χ2n) is 4.57. The van der Waals surface area contributed by atoms with E-state index in [0.717, 1.165) is 21.3 Å². The van der Waals surface area contributed by atoms with E-state index in [1.165, 1.54) is 4.90 Å². The van der Waals surface area contributed by atoms with E-state index in [4.69, 9.17) is 4.74 Å². The van der Waals surface area contributed by atoms with Crippen molar-refractivity contribution in [2.24, 2.45) is 0 Å². The first kappa shape index (κ1) is 15.8. The number of halogens is 1. The number of imide groups is 1. The Kier molecular flexibility index (Phi) is 5.22. The molecule has 1 heterocycles. The Morgan fingerprint density at radius 1 is 1.33 bits per heavy atom. The number of nitrogens with one attached hydrogen (secondary N) is 1. The zero-order chi connectivity index (χ0) is 15.4. The zero-order valence-electron chi connectivity index (χ0n) is 12.0. The Morgan fingerprint density at radius 3 is 2.71 bits per heavy atom. The van der Waals surface area contributed by atoms with Crippen LogP contribution in [0.5, 0.6) is 5.75 Å². The molecule has 3 amide bonds. The highest BCUT2D eigenvalue weighted by molar-refractivity contribution is 14.1. The lowest BCUT2D eigenvalue weighted by molar-refractivity contribution is -0.122. The van der Waals surface area contributed by atoms with Crippen LogP contribution in [0.2, 0.25) is 0 Å². The van der Waals surface area contributed by atoms with Crippen LogP contribution in [0.4, 0.5) is 4.79 Å². The number of ether oxygens (including phenoxy) is 1. The molecule has 1 aliphatic heterocycles. The Hall–Kier alpha value is -1.57. The fourth-order valence-electron chi connectivity index (χ4n) is 2.04. The van der Waals surface area contributed by atoms with Gasteiger partial charge >= 0.3 is 6.03 Å². The van der Waals surface area contributed by atoms with Crippen molar-refractivity contribution in [2.45, 2.75) is 20.3 Å². The molecule has 2 rings (SSSR count). The fourth-order valence-corrected chi connectivity index (χ4v) is 2.74. The largest absolute Gasteiger partial charge is 0.493 e. The quantitative estimate of drug-likeness (QED) is 0.470. The van der Waals surface area contributed by atoms with Crippen LogP contribution in [-0.2, 0) is 4.79 Å². The normalized spacial score (nSPS) is 16.5. The van der Waals surface area contributed by atoms with Crippen LogP contribution >= 0.6 is 22.6 Å². The molecule has 0 radical (unpaired) electrons. The minimum Gasteiger partial charge on any atom is -0.493 e. The summed E-state index contributed by atoms with van der Waals surface area (Å²) in [6, 6.07) is 5.29. The van der Waals surface area contributed by atoms with E-state index in [9.17, 15) is 9.59 Å². The van der Waals surface area contributed by atoms with Gasteiger partial charge in [-0.2, -0.15) is 0 Å². The summed E-state index contributed by atoms with van der Waals surface area (Å²) in [6.45, 7) is 4.90. The number of urea groups is 1. The molecule has 0 saturated carbocycles. The predicted octanol–water partition coefficient (Wildman–Crippen LogP) is 2.99. The fraction of sp³-hybridized carbons (Fsp3) is 0.333. The Labute approximate surface area is 137 Å². The Balaban J connectivity index is 2.22. The lowest BCUT2D eigenvalue weighted by Crippen LogP contribution is -2.31. The number of rotatable bonds is 5. The second-order valence-corrected chi connectivity index (χ2v) is 5.73. The minimum absolute atomic E-state index is 0.272. The zero-order valence-corrected chi connectivity index (χ0v) is 14.1. The monoisotopic (exact) mass is 400 g/mol. The number of carbonyl (C=O) groups excluding carboxylic acids is 2. The molecule has 1 N–H and O–H groups in total. The third kappa shape index (κ3) is 3.55. The molecule has 0 aliphatic carbocycles. The van der Waals surface area contributed by atoms with E-state index in [-0.39, 0.29) is 11.9 Å². The topological polar surface area (TPSA) is 58.6 Å². The van der Waals surface area contributed by atoms with Gasteiger partial charge in [0.1, 0.15) is 11.4 Å². The van der Waals surface area contributed by atoms with Crippen molar-refractivity contribution in [1.82, 2.24) is 10.2 Å². The molecule has 21 heavy (non-hydrogen) atoms. The molecular weight excluding hydrogens is 383 g/mol. The van der Waals surface area contributed by atoms with E-state index in [1.807, 2.05) is 32.0 Å². The van der Waals surface area contributed by atoms with Gasteiger partial charge in [0.25, 0.3) is 5.91 Å². The third-order valence-electron chi connectivity index (χ3n) is 2.98. The van der Waals surface area contributed by atoms with Crippen molar-refractivity contribution in [3.63, 3.8) is 0 Å². The van der Waals surface area contributed by atoms with Crippen molar-refractivity contribution >= 4 is 40.6 Å². The highest BCUT2D eigenvalue weighted by atomic mass is 127. The predicted molar refractivity (Wildman–Crippen MR) is 88.8 cm³/mol. The molecule has 1 aromatic rings. The van der Waals surface area contributed by atoms with E-state index in [0.29, 0.717) is 18.8 Å². The molecule has 1 aliphatic rings. The van der Waals surface area contributed by atoms with Crippen LogP contribution in [0.1, 0.15) is 25.8 Å². The summed E-state index contributed by atoms with van der Waals surface area (Å²) < 4.78 is 6.44. The third-order valence-corrected chi connectivity index (χ3v) is 3.82. The standard InChI is InChI=1S/C15H17IN2O3/c1-3-7-18-14(19)12(17-15(18)20)9-10-5-6-13(21-4-2)11(16)8-10/h5-6,8-9H,3-4,7H2,1-2H3,(H,17,20)/b12-9+. The van der Waals surface area contributed by atoms with Gasteiger partial charge in [-0.25, -0.2) is 4.79 Å². The number of benzene rings is 1. The molecule has 0 spiro atoms. The Morgan fingerprint density at radius 2 is 2.10 bits per heavy atom.